The van der Waals surface area contributed by atoms with E-state index in [4.69, 9.17) is 0 Å². The Kier molecular flexibility index (Phi) is 3.27. The molecule has 1 saturated heterocycles. The second-order valence-corrected chi connectivity index (χ2v) is 4.43. The van der Waals surface area contributed by atoms with Gasteiger partial charge in [0.15, 0.2) is 0 Å². The highest BCUT2D eigenvalue weighted by molar-refractivity contribution is 6.37. The van der Waals surface area contributed by atoms with E-state index in [0.717, 1.165) is 25.0 Å². The summed E-state index contributed by atoms with van der Waals surface area (Å²) in [6.45, 7) is 4.99. The molecular formula is C12H16BN2O. The summed E-state index contributed by atoms with van der Waals surface area (Å²) in [5.41, 5.74) is 1.55. The van der Waals surface area contributed by atoms with Crippen molar-refractivity contribution in [3.63, 3.8) is 0 Å². The Morgan fingerprint density at radius 2 is 2.31 bits per heavy atom. The highest BCUT2D eigenvalue weighted by Gasteiger charge is 2.21. The number of pyridine rings is 1. The summed E-state index contributed by atoms with van der Waals surface area (Å²) in [7, 11) is 2.13. The number of amides is 1. The van der Waals surface area contributed by atoms with E-state index in [1.54, 1.807) is 6.07 Å². The van der Waals surface area contributed by atoms with Gasteiger partial charge in [-0.1, -0.05) is 26.2 Å². The van der Waals surface area contributed by atoms with Gasteiger partial charge < -0.3 is 4.90 Å². The van der Waals surface area contributed by atoms with Gasteiger partial charge in [-0.25, -0.2) is 4.98 Å². The van der Waals surface area contributed by atoms with Gasteiger partial charge in [-0.15, -0.1) is 0 Å². The molecule has 0 spiro atoms. The lowest BCUT2D eigenvalue weighted by molar-refractivity contribution is 0.0795. The summed E-state index contributed by atoms with van der Waals surface area (Å²) in [6.07, 6.45) is 1.75. The third-order valence-corrected chi connectivity index (χ3v) is 2.82. The molecule has 0 saturated carbocycles. The molecule has 1 radical (unpaired) electrons. The Morgan fingerprint density at radius 3 is 2.94 bits per heavy atom. The molecule has 0 aromatic carbocycles. The van der Waals surface area contributed by atoms with Crippen LogP contribution in [-0.2, 0) is 0 Å². The standard InChI is InChI=1S/C12H16BN2O/c1-9(2)10-4-3-5-11(14-10)12(16)15-7-6-13-8-15/h3-5,9H,6-8H2,1-2H3. The molecule has 3 nitrogen and oxygen atoms in total. The minimum atomic E-state index is 0.0521. The van der Waals surface area contributed by atoms with Crippen LogP contribution in [0.4, 0.5) is 0 Å². The van der Waals surface area contributed by atoms with Crippen LogP contribution in [0.5, 0.6) is 0 Å². The number of hydrogen-bond donors (Lipinski definition) is 0. The van der Waals surface area contributed by atoms with E-state index < -0.39 is 0 Å². The van der Waals surface area contributed by atoms with Gasteiger partial charge in [-0.3, -0.25) is 4.79 Å². The Balaban J connectivity index is 2.19. The number of carbonyl (C=O) groups is 1. The van der Waals surface area contributed by atoms with Crippen molar-refractivity contribution in [3.05, 3.63) is 29.6 Å². The van der Waals surface area contributed by atoms with Gasteiger partial charge in [0.25, 0.3) is 5.91 Å². The highest BCUT2D eigenvalue weighted by atomic mass is 16.2. The average molecular weight is 215 g/mol. The normalized spacial score (nSPS) is 15.3. The van der Waals surface area contributed by atoms with Crippen molar-refractivity contribution in [1.29, 1.82) is 0 Å². The Bertz CT molecular complexity index is 386. The molecule has 4 heteroatoms. The van der Waals surface area contributed by atoms with Crippen molar-refractivity contribution in [2.75, 3.05) is 13.0 Å². The molecule has 2 rings (SSSR count). The van der Waals surface area contributed by atoms with Gasteiger partial charge in [-0.05, 0) is 24.5 Å². The van der Waals surface area contributed by atoms with Gasteiger partial charge in [0.05, 0.1) is 0 Å². The molecule has 0 unspecified atom stereocenters. The van der Waals surface area contributed by atoms with Crippen molar-refractivity contribution in [1.82, 2.24) is 9.88 Å². The number of aromatic nitrogens is 1. The van der Waals surface area contributed by atoms with Gasteiger partial charge in [0.2, 0.25) is 0 Å². The van der Waals surface area contributed by atoms with Crippen LogP contribution in [-0.4, -0.2) is 36.1 Å². The monoisotopic (exact) mass is 215 g/mol. The second-order valence-electron chi connectivity index (χ2n) is 4.43. The van der Waals surface area contributed by atoms with E-state index in [-0.39, 0.29) is 5.91 Å². The molecule has 0 bridgehead atoms. The fraction of sp³-hybridized carbons (Fsp3) is 0.500. The zero-order valence-corrected chi connectivity index (χ0v) is 9.81. The molecular weight excluding hydrogens is 199 g/mol. The van der Waals surface area contributed by atoms with Crippen LogP contribution in [0.25, 0.3) is 0 Å². The summed E-state index contributed by atoms with van der Waals surface area (Å²) in [6, 6.07) is 5.68. The molecule has 0 aliphatic carbocycles. The predicted molar refractivity (Wildman–Crippen MR) is 64.8 cm³/mol. The number of nitrogens with zero attached hydrogens (tertiary/aromatic N) is 2. The van der Waals surface area contributed by atoms with Crippen molar-refractivity contribution < 1.29 is 4.79 Å². The summed E-state index contributed by atoms with van der Waals surface area (Å²) in [5.74, 6) is 0.411. The summed E-state index contributed by atoms with van der Waals surface area (Å²) >= 11 is 0. The van der Waals surface area contributed by atoms with Gasteiger partial charge in [-0.2, -0.15) is 0 Å². The van der Waals surface area contributed by atoms with Crippen LogP contribution in [0.1, 0.15) is 35.9 Å². The van der Waals surface area contributed by atoms with Crippen LogP contribution < -0.4 is 0 Å². The SMILES string of the molecule is CC(C)c1cccc(C(=O)N2C[B]CC2)n1. The molecule has 1 fully saturated rings. The molecule has 1 aliphatic rings. The predicted octanol–water partition coefficient (Wildman–Crippen LogP) is 1.74. The summed E-state index contributed by atoms with van der Waals surface area (Å²) in [4.78, 5) is 18.3. The highest BCUT2D eigenvalue weighted by Crippen LogP contribution is 2.13. The smallest absolute Gasteiger partial charge is 0.271 e. The lowest BCUT2D eigenvalue weighted by atomic mass is 9.79. The molecule has 0 N–H and O–H groups in total. The van der Waals surface area contributed by atoms with E-state index >= 15 is 0 Å². The fourth-order valence-electron chi connectivity index (χ4n) is 1.82. The first-order valence-corrected chi connectivity index (χ1v) is 5.76. The molecule has 2 heterocycles. The quantitative estimate of drug-likeness (QED) is 0.704. The topological polar surface area (TPSA) is 33.2 Å². The Labute approximate surface area is 97.1 Å². The van der Waals surface area contributed by atoms with Crippen molar-refractivity contribution in [3.8, 4) is 0 Å². The molecule has 83 valence electrons. The van der Waals surface area contributed by atoms with Gasteiger partial charge >= 0.3 is 0 Å². The maximum atomic E-state index is 12.1. The first-order valence-electron chi connectivity index (χ1n) is 5.76. The average Bonchev–Trinajstić information content (AvgIpc) is 2.81. The minimum Gasteiger partial charge on any atom is -0.346 e. The zero-order valence-electron chi connectivity index (χ0n) is 9.81. The third-order valence-electron chi connectivity index (χ3n) is 2.82. The number of hydrogen-bond acceptors (Lipinski definition) is 2. The maximum absolute atomic E-state index is 12.1. The summed E-state index contributed by atoms with van der Waals surface area (Å²) in [5, 5.41) is 0. The molecule has 1 aromatic rings. The first kappa shape index (κ1) is 11.2. The molecule has 0 atom stereocenters. The van der Waals surface area contributed by atoms with Crippen LogP contribution in [0.3, 0.4) is 0 Å². The van der Waals surface area contributed by atoms with E-state index in [1.165, 1.54) is 0 Å². The van der Waals surface area contributed by atoms with Crippen LogP contribution in [0, 0.1) is 0 Å². The van der Waals surface area contributed by atoms with Gasteiger partial charge in [0, 0.05) is 12.2 Å². The zero-order chi connectivity index (χ0) is 11.5. The lowest BCUT2D eigenvalue weighted by Crippen LogP contribution is -2.29. The maximum Gasteiger partial charge on any atom is 0.271 e. The van der Waals surface area contributed by atoms with Crippen LogP contribution >= 0.6 is 0 Å². The van der Waals surface area contributed by atoms with E-state index in [0.29, 0.717) is 11.6 Å². The van der Waals surface area contributed by atoms with E-state index in [2.05, 4.69) is 26.1 Å². The second kappa shape index (κ2) is 4.68. The molecule has 1 aromatic heterocycles. The van der Waals surface area contributed by atoms with E-state index in [9.17, 15) is 4.79 Å². The Morgan fingerprint density at radius 1 is 1.50 bits per heavy atom. The largest absolute Gasteiger partial charge is 0.346 e. The number of carbonyl (C=O) groups excluding carboxylic acids is 1. The van der Waals surface area contributed by atoms with Crippen molar-refractivity contribution >= 4 is 13.2 Å². The molecule has 1 amide bonds. The Hall–Kier alpha value is -1.32. The van der Waals surface area contributed by atoms with Crippen molar-refractivity contribution in [2.24, 2.45) is 0 Å². The number of rotatable bonds is 2. The van der Waals surface area contributed by atoms with Crippen LogP contribution in [0.15, 0.2) is 18.2 Å². The lowest BCUT2D eigenvalue weighted by Gasteiger charge is -2.15. The first-order chi connectivity index (χ1) is 7.68. The third kappa shape index (κ3) is 2.26. The minimum absolute atomic E-state index is 0.0521. The molecule has 16 heavy (non-hydrogen) atoms. The van der Waals surface area contributed by atoms with Crippen molar-refractivity contribution in [2.45, 2.75) is 26.1 Å². The molecule has 1 aliphatic heterocycles. The van der Waals surface area contributed by atoms with Gasteiger partial charge in [0.1, 0.15) is 13.0 Å². The van der Waals surface area contributed by atoms with E-state index in [1.807, 2.05) is 17.0 Å². The van der Waals surface area contributed by atoms with Crippen LogP contribution in [0.2, 0.25) is 6.32 Å². The fourth-order valence-corrected chi connectivity index (χ4v) is 1.82. The summed E-state index contributed by atoms with van der Waals surface area (Å²) < 4.78 is 0.